The number of nitrogens with one attached hydrogen (secondary N) is 2. The number of aryl methyl sites for hydroxylation is 1. The molecule has 1 aromatic carbocycles. The van der Waals surface area contributed by atoms with Crippen LogP contribution in [0.3, 0.4) is 0 Å². The molecule has 0 unspecified atom stereocenters. The van der Waals surface area contributed by atoms with Crippen LogP contribution in [-0.4, -0.2) is 37.0 Å². The second-order valence-electron chi connectivity index (χ2n) is 6.00. The van der Waals surface area contributed by atoms with Crippen LogP contribution in [0.4, 0.5) is 17.1 Å². The summed E-state index contributed by atoms with van der Waals surface area (Å²) in [5.74, 6) is 0.0688. The Kier molecular flexibility index (Phi) is 5.07. The average Bonchev–Trinajstić information content (AvgIpc) is 2.43. The van der Waals surface area contributed by atoms with Gasteiger partial charge in [0.05, 0.1) is 11.4 Å². The van der Waals surface area contributed by atoms with Crippen molar-refractivity contribution in [1.29, 1.82) is 0 Å². The van der Waals surface area contributed by atoms with E-state index < -0.39 is 0 Å². The van der Waals surface area contributed by atoms with E-state index in [0.717, 1.165) is 42.9 Å². The Morgan fingerprint density at radius 1 is 1.38 bits per heavy atom. The summed E-state index contributed by atoms with van der Waals surface area (Å²) in [4.78, 5) is 13.7. The third-order valence-corrected chi connectivity index (χ3v) is 4.06. The van der Waals surface area contributed by atoms with E-state index in [4.69, 9.17) is 5.73 Å². The van der Waals surface area contributed by atoms with Crippen LogP contribution in [0, 0.1) is 0 Å². The number of rotatable bonds is 6. The number of nitrogen functional groups attached to an aromatic ring is 1. The molecular weight excluding hydrogens is 264 g/mol. The maximum Gasteiger partial charge on any atom is 0.224 e. The van der Waals surface area contributed by atoms with Crippen LogP contribution in [0.1, 0.15) is 32.3 Å². The Morgan fingerprint density at radius 3 is 2.86 bits per heavy atom. The fourth-order valence-electron chi connectivity index (χ4n) is 2.41. The van der Waals surface area contributed by atoms with Crippen LogP contribution in [-0.2, 0) is 11.2 Å². The van der Waals surface area contributed by atoms with Crippen LogP contribution < -0.4 is 16.4 Å². The molecular formula is C16H26N4O. The number of anilines is 3. The van der Waals surface area contributed by atoms with Gasteiger partial charge in [-0.1, -0.05) is 0 Å². The third kappa shape index (κ3) is 4.11. The van der Waals surface area contributed by atoms with Crippen molar-refractivity contribution in [3.63, 3.8) is 0 Å². The van der Waals surface area contributed by atoms with Crippen molar-refractivity contribution in [2.75, 3.05) is 36.5 Å². The molecule has 0 radical (unpaired) electrons. The number of nitrogens with zero attached hydrogens (tertiary/aromatic N) is 1. The van der Waals surface area contributed by atoms with Gasteiger partial charge in [0, 0.05) is 24.7 Å². The van der Waals surface area contributed by atoms with Crippen LogP contribution >= 0.6 is 0 Å². The molecule has 1 aliphatic rings. The molecule has 5 heteroatoms. The van der Waals surface area contributed by atoms with Gasteiger partial charge in [-0.15, -0.1) is 0 Å². The highest BCUT2D eigenvalue weighted by atomic mass is 16.1. The molecule has 0 saturated carbocycles. The Morgan fingerprint density at radius 2 is 2.14 bits per heavy atom. The van der Waals surface area contributed by atoms with Crippen LogP contribution in [0.2, 0.25) is 0 Å². The summed E-state index contributed by atoms with van der Waals surface area (Å²) in [7, 11) is 2.14. The Labute approximate surface area is 126 Å². The first kappa shape index (κ1) is 15.6. The summed E-state index contributed by atoms with van der Waals surface area (Å²) in [5.41, 5.74) is 9.73. The summed E-state index contributed by atoms with van der Waals surface area (Å²) >= 11 is 0. The minimum Gasteiger partial charge on any atom is -0.397 e. The number of hydrogen-bond donors (Lipinski definition) is 3. The lowest BCUT2D eigenvalue weighted by Crippen LogP contribution is -2.28. The molecule has 0 bridgehead atoms. The number of carbonyl (C=O) groups excluding carboxylic acids is 1. The SMILES string of the molecule is CC(C)N(C)CCCNc1cc2c(cc1N)NC(=O)CC2. The predicted octanol–water partition coefficient (Wildman–Crippen LogP) is 2.30. The molecule has 2 rings (SSSR count). The minimum atomic E-state index is 0.0688. The highest BCUT2D eigenvalue weighted by molar-refractivity contribution is 5.95. The lowest BCUT2D eigenvalue weighted by Gasteiger charge is -2.22. The quantitative estimate of drug-likeness (QED) is 0.555. The van der Waals surface area contributed by atoms with Crippen LogP contribution in [0.5, 0.6) is 0 Å². The van der Waals surface area contributed by atoms with Crippen molar-refractivity contribution < 1.29 is 4.79 Å². The summed E-state index contributed by atoms with van der Waals surface area (Å²) < 4.78 is 0. The van der Waals surface area contributed by atoms with Crippen molar-refractivity contribution in [2.45, 2.75) is 39.2 Å². The second-order valence-corrected chi connectivity index (χ2v) is 6.00. The summed E-state index contributed by atoms with van der Waals surface area (Å²) in [6, 6.07) is 4.49. The zero-order valence-corrected chi connectivity index (χ0v) is 13.2. The Bertz CT molecular complexity index is 513. The molecule has 0 saturated heterocycles. The molecule has 5 nitrogen and oxygen atoms in total. The van der Waals surface area contributed by atoms with Crippen molar-refractivity contribution in [2.24, 2.45) is 0 Å². The first-order valence-electron chi connectivity index (χ1n) is 7.63. The van der Waals surface area contributed by atoms with Crippen LogP contribution in [0.25, 0.3) is 0 Å². The number of fused-ring (bicyclic) bond motifs is 1. The maximum atomic E-state index is 11.4. The molecule has 21 heavy (non-hydrogen) atoms. The zero-order chi connectivity index (χ0) is 15.4. The zero-order valence-electron chi connectivity index (χ0n) is 13.2. The number of amides is 1. The second kappa shape index (κ2) is 6.80. The van der Waals surface area contributed by atoms with Gasteiger partial charge in [-0.05, 0) is 58.0 Å². The first-order valence-corrected chi connectivity index (χ1v) is 7.63. The van der Waals surface area contributed by atoms with E-state index in [0.29, 0.717) is 18.2 Å². The molecule has 4 N–H and O–H groups in total. The van der Waals surface area contributed by atoms with E-state index in [1.807, 2.05) is 6.07 Å². The lowest BCUT2D eigenvalue weighted by molar-refractivity contribution is -0.116. The van der Waals surface area contributed by atoms with Crippen molar-refractivity contribution in [3.8, 4) is 0 Å². The fourth-order valence-corrected chi connectivity index (χ4v) is 2.41. The van der Waals surface area contributed by atoms with Crippen molar-refractivity contribution in [3.05, 3.63) is 17.7 Å². The molecule has 1 heterocycles. The molecule has 1 aliphatic heterocycles. The van der Waals surface area contributed by atoms with E-state index in [-0.39, 0.29) is 5.91 Å². The monoisotopic (exact) mass is 290 g/mol. The summed E-state index contributed by atoms with van der Waals surface area (Å²) in [5, 5.41) is 6.27. The normalized spacial score (nSPS) is 14.2. The van der Waals surface area contributed by atoms with Gasteiger partial charge >= 0.3 is 0 Å². The van der Waals surface area contributed by atoms with Gasteiger partial charge < -0.3 is 21.3 Å². The highest BCUT2D eigenvalue weighted by Crippen LogP contribution is 2.30. The van der Waals surface area contributed by atoms with E-state index in [2.05, 4.69) is 42.5 Å². The highest BCUT2D eigenvalue weighted by Gasteiger charge is 2.16. The van der Waals surface area contributed by atoms with E-state index in [1.54, 1.807) is 0 Å². The molecule has 0 spiro atoms. The molecule has 0 atom stereocenters. The van der Waals surface area contributed by atoms with Crippen molar-refractivity contribution >= 4 is 23.0 Å². The van der Waals surface area contributed by atoms with Gasteiger partial charge in [-0.25, -0.2) is 0 Å². The molecule has 0 aliphatic carbocycles. The fraction of sp³-hybridized carbons (Fsp3) is 0.562. The smallest absolute Gasteiger partial charge is 0.224 e. The number of nitrogens with two attached hydrogens (primary N) is 1. The Hall–Kier alpha value is -1.75. The summed E-state index contributed by atoms with van der Waals surface area (Å²) in [6.45, 7) is 6.35. The molecule has 1 aromatic rings. The Balaban J connectivity index is 1.91. The van der Waals surface area contributed by atoms with Gasteiger partial charge in [0.1, 0.15) is 0 Å². The van der Waals surface area contributed by atoms with Gasteiger partial charge in [-0.2, -0.15) is 0 Å². The van der Waals surface area contributed by atoms with Gasteiger partial charge in [-0.3, -0.25) is 4.79 Å². The van der Waals surface area contributed by atoms with Gasteiger partial charge in [0.25, 0.3) is 0 Å². The van der Waals surface area contributed by atoms with Crippen molar-refractivity contribution in [1.82, 2.24) is 4.90 Å². The number of hydrogen-bond acceptors (Lipinski definition) is 4. The first-order chi connectivity index (χ1) is 9.97. The van der Waals surface area contributed by atoms with E-state index in [9.17, 15) is 4.79 Å². The third-order valence-electron chi connectivity index (χ3n) is 4.06. The number of carbonyl (C=O) groups is 1. The topological polar surface area (TPSA) is 70.4 Å². The van der Waals surface area contributed by atoms with Crippen LogP contribution in [0.15, 0.2) is 12.1 Å². The minimum absolute atomic E-state index is 0.0688. The van der Waals surface area contributed by atoms with Gasteiger partial charge in [0.15, 0.2) is 0 Å². The lowest BCUT2D eigenvalue weighted by atomic mass is 10.0. The maximum absolute atomic E-state index is 11.4. The predicted molar refractivity (Wildman–Crippen MR) is 88.7 cm³/mol. The summed E-state index contributed by atoms with van der Waals surface area (Å²) in [6.07, 6.45) is 2.41. The molecule has 0 fully saturated rings. The average molecular weight is 290 g/mol. The number of benzene rings is 1. The molecule has 116 valence electrons. The van der Waals surface area contributed by atoms with E-state index >= 15 is 0 Å². The largest absolute Gasteiger partial charge is 0.397 e. The molecule has 0 aromatic heterocycles. The molecule has 1 amide bonds. The van der Waals surface area contributed by atoms with Gasteiger partial charge in [0.2, 0.25) is 5.91 Å². The van der Waals surface area contributed by atoms with E-state index in [1.165, 1.54) is 0 Å². The standard InChI is InChI=1S/C16H26N4O/c1-11(2)20(3)8-4-7-18-15-9-12-5-6-16(21)19-14(12)10-13(15)17/h9-11,18H,4-8,17H2,1-3H3,(H,19,21).